The molecule has 1 fully saturated rings. The Kier molecular flexibility index (Phi) is 3.72. The van der Waals surface area contributed by atoms with E-state index in [-0.39, 0.29) is 11.9 Å². The van der Waals surface area contributed by atoms with E-state index in [0.717, 1.165) is 25.9 Å². The van der Waals surface area contributed by atoms with Gasteiger partial charge in [-0.15, -0.1) is 0 Å². The maximum Gasteiger partial charge on any atom is 0.224 e. The third-order valence-corrected chi connectivity index (χ3v) is 2.73. The van der Waals surface area contributed by atoms with Gasteiger partial charge < -0.3 is 10.6 Å². The number of nitrogens with zero attached hydrogens (tertiary/aromatic N) is 1. The van der Waals surface area contributed by atoms with Crippen LogP contribution in [0.15, 0.2) is 0 Å². The lowest BCUT2D eigenvalue weighted by Gasteiger charge is -2.20. The fourth-order valence-corrected chi connectivity index (χ4v) is 1.53. The lowest BCUT2D eigenvalue weighted by Crippen LogP contribution is -2.36. The van der Waals surface area contributed by atoms with E-state index in [1.165, 1.54) is 0 Å². The Hall–Kier alpha value is -0.570. The molecule has 0 aromatic rings. The van der Waals surface area contributed by atoms with Crippen LogP contribution in [-0.4, -0.2) is 29.9 Å². The van der Waals surface area contributed by atoms with Crippen molar-refractivity contribution in [3.05, 3.63) is 0 Å². The van der Waals surface area contributed by atoms with Crippen molar-refractivity contribution in [2.24, 2.45) is 11.7 Å². The molecule has 0 spiro atoms. The van der Waals surface area contributed by atoms with Gasteiger partial charge in [0.15, 0.2) is 0 Å². The van der Waals surface area contributed by atoms with Gasteiger partial charge in [-0.1, -0.05) is 13.8 Å². The van der Waals surface area contributed by atoms with Crippen LogP contribution in [0.1, 0.15) is 33.1 Å². The highest BCUT2D eigenvalue weighted by molar-refractivity contribution is 5.77. The van der Waals surface area contributed by atoms with Crippen LogP contribution >= 0.6 is 0 Å². The van der Waals surface area contributed by atoms with Crippen LogP contribution in [-0.2, 0) is 4.79 Å². The molecule has 13 heavy (non-hydrogen) atoms. The van der Waals surface area contributed by atoms with Gasteiger partial charge >= 0.3 is 0 Å². The first-order valence-corrected chi connectivity index (χ1v) is 5.14. The minimum absolute atomic E-state index is 0.0214. The van der Waals surface area contributed by atoms with Gasteiger partial charge in [-0.2, -0.15) is 0 Å². The largest absolute Gasteiger partial charge is 0.343 e. The molecule has 0 aromatic carbocycles. The Morgan fingerprint density at radius 3 is 2.38 bits per heavy atom. The number of amides is 1. The highest BCUT2D eigenvalue weighted by Gasteiger charge is 2.20. The van der Waals surface area contributed by atoms with E-state index in [2.05, 4.69) is 13.8 Å². The lowest BCUT2D eigenvalue weighted by molar-refractivity contribution is -0.130. The van der Waals surface area contributed by atoms with Gasteiger partial charge in [-0.25, -0.2) is 0 Å². The molecule has 0 saturated carbocycles. The van der Waals surface area contributed by atoms with Gasteiger partial charge in [0.2, 0.25) is 5.91 Å². The average molecular weight is 184 g/mol. The minimum Gasteiger partial charge on any atom is -0.343 e. The molecule has 1 unspecified atom stereocenters. The molecule has 3 nitrogen and oxygen atoms in total. The van der Waals surface area contributed by atoms with Crippen molar-refractivity contribution in [2.45, 2.75) is 39.2 Å². The summed E-state index contributed by atoms with van der Waals surface area (Å²) in [5, 5.41) is 0. The molecule has 1 saturated heterocycles. The van der Waals surface area contributed by atoms with Crippen molar-refractivity contribution in [1.29, 1.82) is 0 Å². The Bertz CT molecular complexity index is 174. The zero-order valence-corrected chi connectivity index (χ0v) is 8.62. The van der Waals surface area contributed by atoms with Gasteiger partial charge in [0.25, 0.3) is 0 Å². The molecule has 0 bridgehead atoms. The van der Waals surface area contributed by atoms with Crippen molar-refractivity contribution < 1.29 is 4.79 Å². The summed E-state index contributed by atoms with van der Waals surface area (Å²) in [7, 11) is 0. The summed E-state index contributed by atoms with van der Waals surface area (Å²) in [6, 6.07) is 0.0214. The molecule has 1 atom stereocenters. The topological polar surface area (TPSA) is 46.3 Å². The molecule has 1 amide bonds. The number of hydrogen-bond acceptors (Lipinski definition) is 2. The third kappa shape index (κ3) is 2.99. The van der Waals surface area contributed by atoms with Crippen LogP contribution in [0.5, 0.6) is 0 Å². The van der Waals surface area contributed by atoms with E-state index in [1.54, 1.807) is 0 Å². The number of nitrogens with two attached hydrogens (primary N) is 1. The predicted octanol–water partition coefficient (Wildman–Crippen LogP) is 0.982. The van der Waals surface area contributed by atoms with Crippen LogP contribution in [0.2, 0.25) is 0 Å². The summed E-state index contributed by atoms with van der Waals surface area (Å²) in [4.78, 5) is 13.5. The molecule has 1 aliphatic heterocycles. The van der Waals surface area contributed by atoms with E-state index in [0.29, 0.717) is 12.3 Å². The molecule has 0 aliphatic carbocycles. The Morgan fingerprint density at radius 2 is 1.92 bits per heavy atom. The molecule has 1 rings (SSSR count). The third-order valence-electron chi connectivity index (χ3n) is 2.73. The van der Waals surface area contributed by atoms with E-state index >= 15 is 0 Å². The fraction of sp³-hybridized carbons (Fsp3) is 0.900. The molecule has 76 valence electrons. The molecule has 1 heterocycles. The van der Waals surface area contributed by atoms with E-state index in [9.17, 15) is 4.79 Å². The molecular formula is C10H20N2O. The zero-order chi connectivity index (χ0) is 9.84. The van der Waals surface area contributed by atoms with E-state index in [1.807, 2.05) is 4.90 Å². The Labute approximate surface area is 80.3 Å². The summed E-state index contributed by atoms with van der Waals surface area (Å²) in [5.74, 6) is 0.630. The number of hydrogen-bond donors (Lipinski definition) is 1. The SMILES string of the molecule is CC(C)C(N)CC(=O)N1CCCC1. The second kappa shape index (κ2) is 4.61. The predicted molar refractivity (Wildman–Crippen MR) is 53.2 cm³/mol. The number of carbonyl (C=O) groups excluding carboxylic acids is 1. The monoisotopic (exact) mass is 184 g/mol. The zero-order valence-electron chi connectivity index (χ0n) is 8.62. The van der Waals surface area contributed by atoms with Gasteiger partial charge in [-0.3, -0.25) is 4.79 Å². The maximum atomic E-state index is 11.6. The second-order valence-electron chi connectivity index (χ2n) is 4.20. The molecule has 3 heteroatoms. The summed E-state index contributed by atoms with van der Waals surface area (Å²) >= 11 is 0. The first-order valence-electron chi connectivity index (χ1n) is 5.14. The Balaban J connectivity index is 2.31. The van der Waals surface area contributed by atoms with Crippen LogP contribution in [0.25, 0.3) is 0 Å². The van der Waals surface area contributed by atoms with Crippen molar-refractivity contribution in [1.82, 2.24) is 4.90 Å². The fourth-order valence-electron chi connectivity index (χ4n) is 1.53. The van der Waals surface area contributed by atoms with Crippen LogP contribution < -0.4 is 5.73 Å². The number of likely N-dealkylation sites (tertiary alicyclic amines) is 1. The van der Waals surface area contributed by atoms with Gasteiger partial charge in [0, 0.05) is 25.6 Å². The van der Waals surface area contributed by atoms with Gasteiger partial charge in [0.1, 0.15) is 0 Å². The maximum absolute atomic E-state index is 11.6. The highest BCUT2D eigenvalue weighted by atomic mass is 16.2. The molecule has 2 N–H and O–H groups in total. The minimum atomic E-state index is 0.0214. The Morgan fingerprint density at radius 1 is 1.38 bits per heavy atom. The van der Waals surface area contributed by atoms with E-state index in [4.69, 9.17) is 5.73 Å². The second-order valence-corrected chi connectivity index (χ2v) is 4.20. The van der Waals surface area contributed by atoms with Crippen LogP contribution in [0.3, 0.4) is 0 Å². The first kappa shape index (κ1) is 10.5. The van der Waals surface area contributed by atoms with E-state index < -0.39 is 0 Å². The van der Waals surface area contributed by atoms with Crippen molar-refractivity contribution in [3.8, 4) is 0 Å². The molecule has 0 radical (unpaired) electrons. The van der Waals surface area contributed by atoms with Crippen molar-refractivity contribution in [3.63, 3.8) is 0 Å². The normalized spacial score (nSPS) is 19.5. The van der Waals surface area contributed by atoms with Crippen molar-refractivity contribution >= 4 is 5.91 Å². The smallest absolute Gasteiger partial charge is 0.224 e. The molecular weight excluding hydrogens is 164 g/mol. The lowest BCUT2D eigenvalue weighted by atomic mass is 10.0. The number of carbonyl (C=O) groups is 1. The summed E-state index contributed by atoms with van der Waals surface area (Å²) in [6.45, 7) is 5.98. The average Bonchev–Trinajstić information content (AvgIpc) is 2.55. The van der Waals surface area contributed by atoms with Crippen LogP contribution in [0.4, 0.5) is 0 Å². The molecule has 0 aromatic heterocycles. The quantitative estimate of drug-likeness (QED) is 0.710. The molecule has 1 aliphatic rings. The summed E-state index contributed by atoms with van der Waals surface area (Å²) in [5.41, 5.74) is 5.84. The first-order chi connectivity index (χ1) is 6.11. The summed E-state index contributed by atoms with van der Waals surface area (Å²) < 4.78 is 0. The van der Waals surface area contributed by atoms with Crippen molar-refractivity contribution in [2.75, 3.05) is 13.1 Å². The van der Waals surface area contributed by atoms with Gasteiger partial charge in [-0.05, 0) is 18.8 Å². The standard InChI is InChI=1S/C10H20N2O/c1-8(2)9(11)7-10(13)12-5-3-4-6-12/h8-9H,3-7,11H2,1-2H3. The van der Waals surface area contributed by atoms with Gasteiger partial charge in [0.05, 0.1) is 0 Å². The summed E-state index contributed by atoms with van der Waals surface area (Å²) in [6.07, 6.45) is 2.82. The highest BCUT2D eigenvalue weighted by Crippen LogP contribution is 2.11. The van der Waals surface area contributed by atoms with Crippen LogP contribution in [0, 0.1) is 5.92 Å². The number of rotatable bonds is 3.